The van der Waals surface area contributed by atoms with E-state index in [0.717, 1.165) is 0 Å². The van der Waals surface area contributed by atoms with E-state index >= 15 is 0 Å². The number of halogens is 2. The number of anilines is 1. The van der Waals surface area contributed by atoms with Crippen molar-refractivity contribution in [2.24, 2.45) is 0 Å². The third kappa shape index (κ3) is 4.64. The summed E-state index contributed by atoms with van der Waals surface area (Å²) in [4.78, 5) is 7.69. The number of aromatic nitrogens is 2. The van der Waals surface area contributed by atoms with Gasteiger partial charge in [0.15, 0.2) is 0 Å². The molecule has 0 amide bonds. The quantitative estimate of drug-likeness (QED) is 0.644. The molecule has 0 aliphatic rings. The van der Waals surface area contributed by atoms with Crippen molar-refractivity contribution in [2.75, 3.05) is 18.5 Å². The first-order valence-corrected chi connectivity index (χ1v) is 5.38. The molecule has 15 heavy (non-hydrogen) atoms. The molecule has 0 spiro atoms. The van der Waals surface area contributed by atoms with E-state index in [0.29, 0.717) is 24.0 Å². The standard InChI is InChI=1S/C9H13Cl2N3O/c1-6(2)15-4-3-12-8-7(10)5-13-9(11)14-8/h5-6H,3-4H2,1-2H3,(H,12,13,14). The summed E-state index contributed by atoms with van der Waals surface area (Å²) < 4.78 is 5.35. The van der Waals surface area contributed by atoms with Crippen molar-refractivity contribution in [2.45, 2.75) is 20.0 Å². The van der Waals surface area contributed by atoms with Crippen LogP contribution in [0, 0.1) is 0 Å². The molecule has 0 bridgehead atoms. The highest BCUT2D eigenvalue weighted by atomic mass is 35.5. The van der Waals surface area contributed by atoms with Crippen molar-refractivity contribution in [3.63, 3.8) is 0 Å². The van der Waals surface area contributed by atoms with Crippen molar-refractivity contribution < 1.29 is 4.74 Å². The third-order valence-electron chi connectivity index (χ3n) is 1.56. The number of nitrogens with one attached hydrogen (secondary N) is 1. The molecule has 0 fully saturated rings. The Hall–Kier alpha value is -0.580. The number of nitrogens with zero attached hydrogens (tertiary/aromatic N) is 2. The molecular weight excluding hydrogens is 237 g/mol. The fourth-order valence-electron chi connectivity index (χ4n) is 0.934. The molecule has 0 saturated heterocycles. The molecule has 0 atom stereocenters. The van der Waals surface area contributed by atoms with E-state index in [1.165, 1.54) is 6.20 Å². The van der Waals surface area contributed by atoms with Gasteiger partial charge in [0.05, 0.1) is 18.9 Å². The van der Waals surface area contributed by atoms with E-state index in [-0.39, 0.29) is 11.4 Å². The number of rotatable bonds is 5. The lowest BCUT2D eigenvalue weighted by atomic mass is 10.5. The average Bonchev–Trinajstić information content (AvgIpc) is 2.17. The van der Waals surface area contributed by atoms with E-state index in [1.54, 1.807) is 0 Å². The van der Waals surface area contributed by atoms with Crippen molar-refractivity contribution in [1.82, 2.24) is 9.97 Å². The van der Waals surface area contributed by atoms with Crippen LogP contribution in [0.1, 0.15) is 13.8 Å². The fraction of sp³-hybridized carbons (Fsp3) is 0.556. The minimum absolute atomic E-state index is 0.173. The Labute approximate surface area is 99.0 Å². The fourth-order valence-corrected chi connectivity index (χ4v) is 1.22. The van der Waals surface area contributed by atoms with Crippen LogP contribution in [0.25, 0.3) is 0 Å². The predicted octanol–water partition coefficient (Wildman–Crippen LogP) is 2.62. The Kier molecular flexibility index (Phi) is 5.08. The summed E-state index contributed by atoms with van der Waals surface area (Å²) in [5, 5.41) is 3.64. The van der Waals surface area contributed by atoms with Crippen molar-refractivity contribution in [3.8, 4) is 0 Å². The van der Waals surface area contributed by atoms with Crippen molar-refractivity contribution >= 4 is 29.0 Å². The summed E-state index contributed by atoms with van der Waals surface area (Å²) in [5.74, 6) is 0.532. The van der Waals surface area contributed by atoms with Crippen LogP contribution < -0.4 is 5.32 Å². The summed E-state index contributed by atoms with van der Waals surface area (Å²) in [7, 11) is 0. The van der Waals surface area contributed by atoms with Crippen molar-refractivity contribution in [1.29, 1.82) is 0 Å². The maximum Gasteiger partial charge on any atom is 0.224 e. The van der Waals surface area contributed by atoms with Crippen LogP contribution in [0.4, 0.5) is 5.82 Å². The van der Waals surface area contributed by atoms with Crippen LogP contribution in [0.3, 0.4) is 0 Å². The highest BCUT2D eigenvalue weighted by Crippen LogP contribution is 2.18. The Morgan fingerprint density at radius 3 is 2.87 bits per heavy atom. The first-order chi connectivity index (χ1) is 7.09. The van der Waals surface area contributed by atoms with Gasteiger partial charge in [-0.15, -0.1) is 0 Å². The topological polar surface area (TPSA) is 47.0 Å². The Morgan fingerprint density at radius 1 is 1.47 bits per heavy atom. The molecule has 1 N–H and O–H groups in total. The van der Waals surface area contributed by atoms with Crippen LogP contribution in [-0.4, -0.2) is 29.2 Å². The van der Waals surface area contributed by atoms with Gasteiger partial charge in [-0.1, -0.05) is 11.6 Å². The second-order valence-electron chi connectivity index (χ2n) is 3.18. The van der Waals surface area contributed by atoms with Gasteiger partial charge < -0.3 is 10.1 Å². The van der Waals surface area contributed by atoms with Crippen LogP contribution in [0.15, 0.2) is 6.20 Å². The van der Waals surface area contributed by atoms with E-state index < -0.39 is 0 Å². The van der Waals surface area contributed by atoms with E-state index in [9.17, 15) is 0 Å². The lowest BCUT2D eigenvalue weighted by Gasteiger charge is -2.09. The predicted molar refractivity (Wildman–Crippen MR) is 61.6 cm³/mol. The van der Waals surface area contributed by atoms with Crippen LogP contribution in [0.2, 0.25) is 10.3 Å². The molecule has 0 aromatic carbocycles. The van der Waals surface area contributed by atoms with Crippen LogP contribution >= 0.6 is 23.2 Å². The summed E-state index contributed by atoms with van der Waals surface area (Å²) in [6.45, 7) is 5.18. The lowest BCUT2D eigenvalue weighted by molar-refractivity contribution is 0.0870. The van der Waals surface area contributed by atoms with Gasteiger partial charge in [0.1, 0.15) is 10.8 Å². The molecule has 0 unspecified atom stereocenters. The third-order valence-corrected chi connectivity index (χ3v) is 2.02. The van der Waals surface area contributed by atoms with Crippen LogP contribution in [-0.2, 0) is 4.74 Å². The number of hydrogen-bond acceptors (Lipinski definition) is 4. The summed E-state index contributed by atoms with van der Waals surface area (Å²) in [6.07, 6.45) is 1.68. The minimum atomic E-state index is 0.173. The monoisotopic (exact) mass is 249 g/mol. The Morgan fingerprint density at radius 2 is 2.20 bits per heavy atom. The zero-order valence-electron chi connectivity index (χ0n) is 8.63. The molecule has 4 nitrogen and oxygen atoms in total. The molecule has 0 aliphatic heterocycles. The van der Waals surface area contributed by atoms with Gasteiger partial charge in [0.25, 0.3) is 0 Å². The highest BCUT2D eigenvalue weighted by molar-refractivity contribution is 6.33. The van der Waals surface area contributed by atoms with E-state index in [2.05, 4.69) is 15.3 Å². The van der Waals surface area contributed by atoms with Gasteiger partial charge in [-0.2, -0.15) is 4.98 Å². The first kappa shape index (κ1) is 12.5. The maximum absolute atomic E-state index is 5.85. The van der Waals surface area contributed by atoms with Gasteiger partial charge in [0, 0.05) is 6.54 Å². The smallest absolute Gasteiger partial charge is 0.224 e. The van der Waals surface area contributed by atoms with E-state index in [1.807, 2.05) is 13.8 Å². The molecular formula is C9H13Cl2N3O. The largest absolute Gasteiger partial charge is 0.377 e. The molecule has 6 heteroatoms. The SMILES string of the molecule is CC(C)OCCNc1nc(Cl)ncc1Cl. The Balaban J connectivity index is 2.40. The summed E-state index contributed by atoms with van der Waals surface area (Å²) in [5.41, 5.74) is 0. The van der Waals surface area contributed by atoms with Gasteiger partial charge in [-0.25, -0.2) is 4.98 Å². The van der Waals surface area contributed by atoms with Crippen molar-refractivity contribution in [3.05, 3.63) is 16.5 Å². The molecule has 0 aliphatic carbocycles. The van der Waals surface area contributed by atoms with Crippen LogP contribution in [0.5, 0.6) is 0 Å². The second-order valence-corrected chi connectivity index (χ2v) is 3.93. The highest BCUT2D eigenvalue weighted by Gasteiger charge is 2.03. The molecule has 1 aromatic rings. The molecule has 0 saturated carbocycles. The molecule has 0 radical (unpaired) electrons. The lowest BCUT2D eigenvalue weighted by Crippen LogP contribution is -2.14. The molecule has 1 heterocycles. The van der Waals surface area contributed by atoms with Gasteiger partial charge in [0.2, 0.25) is 5.28 Å². The zero-order valence-corrected chi connectivity index (χ0v) is 10.1. The maximum atomic E-state index is 5.85. The average molecular weight is 250 g/mol. The number of hydrogen-bond donors (Lipinski definition) is 1. The zero-order chi connectivity index (χ0) is 11.3. The summed E-state index contributed by atoms with van der Waals surface area (Å²) in [6, 6.07) is 0. The van der Waals surface area contributed by atoms with Gasteiger partial charge in [-0.05, 0) is 25.4 Å². The second kappa shape index (κ2) is 6.10. The van der Waals surface area contributed by atoms with Gasteiger partial charge >= 0.3 is 0 Å². The number of ether oxygens (including phenoxy) is 1. The normalized spacial score (nSPS) is 10.7. The molecule has 84 valence electrons. The summed E-state index contributed by atoms with van der Waals surface area (Å²) >= 11 is 11.5. The van der Waals surface area contributed by atoms with E-state index in [4.69, 9.17) is 27.9 Å². The van der Waals surface area contributed by atoms with Gasteiger partial charge in [-0.3, -0.25) is 0 Å². The minimum Gasteiger partial charge on any atom is -0.377 e. The first-order valence-electron chi connectivity index (χ1n) is 4.63. The Bertz CT molecular complexity index is 320. The molecule has 1 rings (SSSR count). The molecule has 1 aromatic heterocycles.